The van der Waals surface area contributed by atoms with Gasteiger partial charge in [0.2, 0.25) is 0 Å². The van der Waals surface area contributed by atoms with Crippen molar-refractivity contribution in [3.8, 4) is 0 Å². The van der Waals surface area contributed by atoms with E-state index in [-0.39, 0.29) is 11.9 Å². The van der Waals surface area contributed by atoms with E-state index in [2.05, 4.69) is 32.2 Å². The molecule has 0 bridgehead atoms. The summed E-state index contributed by atoms with van der Waals surface area (Å²) in [5.74, 6) is 0.608. The lowest BCUT2D eigenvalue weighted by Crippen LogP contribution is -2.27. The summed E-state index contributed by atoms with van der Waals surface area (Å²) in [6.07, 6.45) is 6.61. The van der Waals surface area contributed by atoms with Crippen molar-refractivity contribution in [3.05, 3.63) is 63.4 Å². The van der Waals surface area contributed by atoms with E-state index in [0.29, 0.717) is 5.46 Å². The highest BCUT2D eigenvalue weighted by Gasteiger charge is 2.32. The van der Waals surface area contributed by atoms with E-state index in [1.165, 1.54) is 42.7 Å². The molecule has 0 amide bonds. The Hall–Kier alpha value is -1.97. The summed E-state index contributed by atoms with van der Waals surface area (Å²) < 4.78 is 22.6. The van der Waals surface area contributed by atoms with Gasteiger partial charge >= 0.3 is 7.12 Å². The zero-order chi connectivity index (χ0) is 21.4. The normalized spacial score (nSPS) is 17.7. The number of nitrogens with zero attached hydrogens (tertiary/aromatic N) is 4. The zero-order valence-corrected chi connectivity index (χ0v) is 18.9. The fourth-order valence-electron chi connectivity index (χ4n) is 3.75. The van der Waals surface area contributed by atoms with Crippen molar-refractivity contribution in [2.75, 3.05) is 0 Å². The SMILES string of the molecule is C[C@H]1OB(O)c2ccc(F)cc21.Cn1cc(Cc2cc(CC3CC3)n(C)n2)c(Br)n1. The van der Waals surface area contributed by atoms with E-state index < -0.39 is 7.12 Å². The highest BCUT2D eigenvalue weighted by atomic mass is 79.9. The molecule has 5 rings (SSSR count). The van der Waals surface area contributed by atoms with Crippen LogP contribution in [-0.4, -0.2) is 31.7 Å². The van der Waals surface area contributed by atoms with Gasteiger partial charge in [-0.05, 0) is 77.3 Å². The number of aryl methyl sites for hydroxylation is 2. The fourth-order valence-corrected chi connectivity index (χ4v) is 4.25. The van der Waals surface area contributed by atoms with Crippen molar-refractivity contribution in [2.24, 2.45) is 20.0 Å². The van der Waals surface area contributed by atoms with E-state index >= 15 is 0 Å². The first-order valence-electron chi connectivity index (χ1n) is 10.1. The van der Waals surface area contributed by atoms with Gasteiger partial charge in [-0.1, -0.05) is 6.07 Å². The second-order valence-electron chi connectivity index (χ2n) is 8.10. The lowest BCUT2D eigenvalue weighted by atomic mass is 9.79. The third-order valence-electron chi connectivity index (χ3n) is 5.53. The summed E-state index contributed by atoms with van der Waals surface area (Å²) >= 11 is 3.48. The van der Waals surface area contributed by atoms with Crippen molar-refractivity contribution in [3.63, 3.8) is 0 Å². The molecule has 3 aromatic rings. The van der Waals surface area contributed by atoms with Gasteiger partial charge in [0, 0.05) is 38.0 Å². The molecule has 1 aromatic carbocycles. The van der Waals surface area contributed by atoms with Crippen LogP contribution in [0.5, 0.6) is 0 Å². The molecule has 2 aromatic heterocycles. The standard InChI is InChI=1S/C13H17BrN4.C8H8BFO2/c1-17-8-10(13(14)16-17)6-11-7-12(18(2)15-11)5-9-3-4-9;1-5-7-4-6(10)2-3-8(7)9(11)12-5/h7-9H,3-6H2,1-2H3;2-5,11H,1H3/t;5-/m.1/s1. The van der Waals surface area contributed by atoms with Crippen molar-refractivity contribution in [1.29, 1.82) is 0 Å². The topological polar surface area (TPSA) is 65.1 Å². The van der Waals surface area contributed by atoms with Crippen LogP contribution in [0.1, 0.15) is 48.4 Å². The molecule has 0 spiro atoms. The first kappa shape index (κ1) is 21.3. The molecule has 1 atom stereocenters. The summed E-state index contributed by atoms with van der Waals surface area (Å²) in [4.78, 5) is 0. The number of aromatic nitrogens is 4. The number of halogens is 2. The van der Waals surface area contributed by atoms with Gasteiger partial charge in [0.15, 0.2) is 0 Å². The fraction of sp³-hybridized carbons (Fsp3) is 0.429. The van der Waals surface area contributed by atoms with Gasteiger partial charge in [0.25, 0.3) is 0 Å². The summed E-state index contributed by atoms with van der Waals surface area (Å²) in [6.45, 7) is 1.79. The van der Waals surface area contributed by atoms with Crippen molar-refractivity contribution >= 4 is 28.5 Å². The minimum atomic E-state index is -0.893. The number of rotatable bonds is 4. The largest absolute Gasteiger partial charge is 0.491 e. The van der Waals surface area contributed by atoms with Crippen molar-refractivity contribution in [1.82, 2.24) is 19.6 Å². The van der Waals surface area contributed by atoms with Gasteiger partial charge in [0.1, 0.15) is 10.4 Å². The Morgan fingerprint density at radius 2 is 2.03 bits per heavy atom. The van der Waals surface area contributed by atoms with Gasteiger partial charge in [-0.25, -0.2) is 4.39 Å². The molecule has 0 unspecified atom stereocenters. The van der Waals surface area contributed by atoms with Gasteiger partial charge < -0.3 is 9.68 Å². The molecule has 2 aliphatic rings. The van der Waals surface area contributed by atoms with E-state index in [9.17, 15) is 9.41 Å². The first-order valence-corrected chi connectivity index (χ1v) is 10.9. The lowest BCUT2D eigenvalue weighted by Gasteiger charge is -2.02. The molecule has 1 fully saturated rings. The van der Waals surface area contributed by atoms with E-state index in [0.717, 1.165) is 28.2 Å². The van der Waals surface area contributed by atoms with Gasteiger partial charge in [0.05, 0.1) is 11.8 Å². The molecule has 0 saturated heterocycles. The molecule has 1 saturated carbocycles. The molecule has 1 aliphatic carbocycles. The summed E-state index contributed by atoms with van der Waals surface area (Å²) in [7, 11) is 3.08. The average Bonchev–Trinajstić information content (AvgIpc) is 3.27. The minimum absolute atomic E-state index is 0.217. The molecule has 3 heterocycles. The molecule has 1 aliphatic heterocycles. The van der Waals surface area contributed by atoms with Crippen molar-refractivity contribution in [2.45, 2.75) is 38.7 Å². The molecule has 158 valence electrons. The molecule has 0 radical (unpaired) electrons. The van der Waals surface area contributed by atoms with Crippen LogP contribution < -0.4 is 5.46 Å². The Labute approximate surface area is 184 Å². The second-order valence-corrected chi connectivity index (χ2v) is 8.85. The van der Waals surface area contributed by atoms with Gasteiger partial charge in [-0.15, -0.1) is 0 Å². The predicted molar refractivity (Wildman–Crippen MR) is 117 cm³/mol. The maximum absolute atomic E-state index is 12.7. The van der Waals surface area contributed by atoms with Crippen molar-refractivity contribution < 1.29 is 14.1 Å². The van der Waals surface area contributed by atoms with Crippen LogP contribution in [0.4, 0.5) is 4.39 Å². The molecule has 30 heavy (non-hydrogen) atoms. The minimum Gasteiger partial charge on any atom is -0.423 e. The highest BCUT2D eigenvalue weighted by molar-refractivity contribution is 9.10. The molecule has 6 nitrogen and oxygen atoms in total. The Morgan fingerprint density at radius 1 is 1.27 bits per heavy atom. The van der Waals surface area contributed by atoms with Gasteiger partial charge in [-0.2, -0.15) is 10.2 Å². The van der Waals surface area contributed by atoms with E-state index in [4.69, 9.17) is 4.65 Å². The maximum Gasteiger partial charge on any atom is 0.491 e. The van der Waals surface area contributed by atoms with Crippen LogP contribution in [0, 0.1) is 11.7 Å². The molecular weight excluding hydrogens is 450 g/mol. The Morgan fingerprint density at radius 3 is 2.70 bits per heavy atom. The van der Waals surface area contributed by atoms with Gasteiger partial charge in [-0.3, -0.25) is 9.36 Å². The van der Waals surface area contributed by atoms with Crippen LogP contribution in [0.2, 0.25) is 0 Å². The van der Waals surface area contributed by atoms with Crippen LogP contribution in [-0.2, 0) is 31.6 Å². The predicted octanol–water partition coefficient (Wildman–Crippen LogP) is 3.06. The average molecular weight is 475 g/mol. The van der Waals surface area contributed by atoms with Crippen LogP contribution in [0.15, 0.2) is 35.1 Å². The van der Waals surface area contributed by atoms with E-state index in [1.54, 1.807) is 13.0 Å². The van der Waals surface area contributed by atoms with Crippen LogP contribution in [0.25, 0.3) is 0 Å². The third kappa shape index (κ3) is 4.84. The van der Waals surface area contributed by atoms with Crippen LogP contribution in [0.3, 0.4) is 0 Å². The number of fused-ring (bicyclic) bond motifs is 1. The van der Waals surface area contributed by atoms with Crippen LogP contribution >= 0.6 is 15.9 Å². The Kier molecular flexibility index (Phi) is 6.13. The number of benzene rings is 1. The Bertz CT molecular complexity index is 1050. The maximum atomic E-state index is 12.7. The quantitative estimate of drug-likeness (QED) is 0.590. The highest BCUT2D eigenvalue weighted by Crippen LogP contribution is 2.32. The molecule has 9 heteroatoms. The number of hydrogen-bond acceptors (Lipinski definition) is 4. The molecular formula is C21H25BBrFN4O2. The second kappa shape index (κ2) is 8.65. The summed E-state index contributed by atoms with van der Waals surface area (Å²) in [5, 5.41) is 18.2. The smallest absolute Gasteiger partial charge is 0.423 e. The number of hydrogen-bond donors (Lipinski definition) is 1. The monoisotopic (exact) mass is 474 g/mol. The Balaban J connectivity index is 0.000000158. The molecule has 1 N–H and O–H groups in total. The third-order valence-corrected chi connectivity index (χ3v) is 6.20. The first-order chi connectivity index (χ1) is 14.3. The zero-order valence-electron chi connectivity index (χ0n) is 17.3. The lowest BCUT2D eigenvalue weighted by molar-refractivity contribution is 0.208. The summed E-state index contributed by atoms with van der Waals surface area (Å²) in [5.41, 5.74) is 5.08. The summed E-state index contributed by atoms with van der Waals surface area (Å²) in [6, 6.07) is 6.51. The van der Waals surface area contributed by atoms with E-state index in [1.807, 2.05) is 29.7 Å².